The molecule has 32 heavy (non-hydrogen) atoms. The third kappa shape index (κ3) is 7.07. The number of benzene rings is 1. The van der Waals surface area contributed by atoms with Gasteiger partial charge in [0.1, 0.15) is 0 Å². The van der Waals surface area contributed by atoms with Gasteiger partial charge in [-0.3, -0.25) is 9.69 Å². The number of carbonyl (C=O) groups is 1. The van der Waals surface area contributed by atoms with E-state index in [0.717, 1.165) is 50.2 Å². The van der Waals surface area contributed by atoms with E-state index in [-0.39, 0.29) is 30.9 Å². The Morgan fingerprint density at radius 1 is 1.16 bits per heavy atom. The summed E-state index contributed by atoms with van der Waals surface area (Å²) in [6.45, 7) is 2.12. The molecule has 2 unspecified atom stereocenters. The lowest BCUT2D eigenvalue weighted by Crippen LogP contribution is -2.54. The molecule has 0 bridgehead atoms. The van der Waals surface area contributed by atoms with Gasteiger partial charge in [-0.1, -0.05) is 18.9 Å². The summed E-state index contributed by atoms with van der Waals surface area (Å²) in [6, 6.07) is 4.78. The number of nitrogens with one attached hydrogen (secondary N) is 1. The van der Waals surface area contributed by atoms with Gasteiger partial charge in [-0.05, 0) is 62.0 Å². The Bertz CT molecular complexity index is 905. The number of alkyl halides is 3. The largest absolute Gasteiger partial charge is 0.417 e. The van der Waals surface area contributed by atoms with Crippen LogP contribution in [-0.2, 0) is 21.0 Å². The van der Waals surface area contributed by atoms with Gasteiger partial charge in [-0.25, -0.2) is 13.1 Å². The van der Waals surface area contributed by atoms with Crippen molar-refractivity contribution < 1.29 is 26.4 Å². The molecule has 3 aliphatic carbocycles. The van der Waals surface area contributed by atoms with E-state index >= 15 is 0 Å². The van der Waals surface area contributed by atoms with E-state index in [0.29, 0.717) is 11.6 Å². The highest BCUT2D eigenvalue weighted by atomic mass is 35.5. The smallest absolute Gasteiger partial charge is 0.340 e. The highest BCUT2D eigenvalue weighted by Gasteiger charge is 2.37. The Morgan fingerprint density at radius 3 is 2.25 bits per heavy atom. The molecule has 1 aliphatic heterocycles. The van der Waals surface area contributed by atoms with E-state index in [9.17, 15) is 26.4 Å². The first kappa shape index (κ1) is 26.9. The number of hydrogen-bond donors (Lipinski definition) is 1. The molecule has 2 fully saturated rings. The van der Waals surface area contributed by atoms with Gasteiger partial charge >= 0.3 is 6.18 Å². The van der Waals surface area contributed by atoms with Gasteiger partial charge in [-0.2, -0.15) is 13.2 Å². The molecule has 4 aliphatic rings. The van der Waals surface area contributed by atoms with Crippen LogP contribution in [0.4, 0.5) is 13.2 Å². The number of sulfonamides is 1. The summed E-state index contributed by atoms with van der Waals surface area (Å²) in [4.78, 5) is 16.5. The van der Waals surface area contributed by atoms with Crippen LogP contribution in [0.3, 0.4) is 0 Å². The number of halogens is 4. The minimum absolute atomic E-state index is 0. The van der Waals surface area contributed by atoms with Gasteiger partial charge in [0.05, 0.1) is 18.4 Å². The SMILES string of the molecule is CN(C(=O)CNS(C)(=O)=O)C1CCCCC1N1CCCC1.Cl.FC(F)(F)c1ccc2cc1-2. The molecule has 1 heterocycles. The molecule has 4 rings (SSSR count). The summed E-state index contributed by atoms with van der Waals surface area (Å²) in [6.07, 6.45) is 3.93. The van der Waals surface area contributed by atoms with Crippen LogP contribution in [0.15, 0.2) is 18.2 Å². The maximum atomic E-state index is 12.2. The second kappa shape index (κ2) is 10.7. The minimum atomic E-state index is -4.17. The van der Waals surface area contributed by atoms with Gasteiger partial charge in [0, 0.05) is 19.1 Å². The lowest BCUT2D eigenvalue weighted by atomic mass is 9.88. The number of hydrogen-bond acceptors (Lipinski definition) is 4. The summed E-state index contributed by atoms with van der Waals surface area (Å²) < 4.78 is 60.2. The van der Waals surface area contributed by atoms with Gasteiger partial charge in [0.2, 0.25) is 15.9 Å². The number of likely N-dealkylation sites (tertiary alicyclic amines) is 1. The van der Waals surface area contributed by atoms with Crippen LogP contribution < -0.4 is 4.72 Å². The standard InChI is InChI=1S/C14H27N3O3S.C7H3F3.ClH/c1-16(14(18)11-15-21(2,19)20)12-7-3-4-8-13(12)17-9-5-6-10-17;8-7(9,10)6-2-1-4-3-5(4)6;/h12-13,15H,3-11H2,1-2H3;1-3H;1H. The lowest BCUT2D eigenvalue weighted by molar-refractivity contribution is -0.136. The van der Waals surface area contributed by atoms with Crippen LogP contribution in [0.1, 0.15) is 44.1 Å². The molecule has 182 valence electrons. The molecule has 1 N–H and O–H groups in total. The zero-order valence-electron chi connectivity index (χ0n) is 18.3. The number of likely N-dealkylation sites (N-methyl/N-ethyl adjacent to an activating group) is 1. The normalized spacial score (nSPS) is 22.4. The average Bonchev–Trinajstić information content (AvgIpc) is 3.10. The molecular formula is C21H31ClF3N3O3S. The number of rotatable bonds is 5. The Kier molecular flexibility index (Phi) is 9.00. The van der Waals surface area contributed by atoms with Crippen molar-refractivity contribution >= 4 is 28.3 Å². The molecule has 1 saturated carbocycles. The van der Waals surface area contributed by atoms with E-state index in [4.69, 9.17) is 0 Å². The predicted molar refractivity (Wildman–Crippen MR) is 120 cm³/mol. The van der Waals surface area contributed by atoms with Crippen LogP contribution in [0, 0.1) is 0 Å². The van der Waals surface area contributed by atoms with Gasteiger partial charge in [0.25, 0.3) is 0 Å². The molecule has 0 aromatic carbocycles. The summed E-state index contributed by atoms with van der Waals surface area (Å²) in [5, 5.41) is 0. The fourth-order valence-corrected chi connectivity index (χ4v) is 4.93. The molecule has 0 aromatic rings. The summed E-state index contributed by atoms with van der Waals surface area (Å²) in [5.41, 5.74) is 0.599. The number of amides is 1. The van der Waals surface area contributed by atoms with E-state index in [2.05, 4.69) is 9.62 Å². The fraction of sp³-hybridized carbons (Fsp3) is 0.667. The second-order valence-corrected chi connectivity index (χ2v) is 10.4. The number of carbonyl (C=O) groups excluding carboxylic acids is 1. The molecule has 6 nitrogen and oxygen atoms in total. The Morgan fingerprint density at radius 2 is 1.78 bits per heavy atom. The average molecular weight is 498 g/mol. The Labute approximate surface area is 194 Å². The van der Waals surface area contributed by atoms with Gasteiger partial charge in [0.15, 0.2) is 0 Å². The minimum Gasteiger partial charge on any atom is -0.340 e. The fourth-order valence-electron chi connectivity index (χ4n) is 4.55. The van der Waals surface area contributed by atoms with Crippen molar-refractivity contribution in [2.75, 3.05) is 32.9 Å². The zero-order chi connectivity index (χ0) is 22.8. The molecule has 2 atom stereocenters. The third-order valence-electron chi connectivity index (χ3n) is 6.23. The predicted octanol–water partition coefficient (Wildman–Crippen LogP) is 3.51. The molecule has 0 radical (unpaired) electrons. The summed E-state index contributed by atoms with van der Waals surface area (Å²) in [5.74, 6) is -0.142. The van der Waals surface area contributed by atoms with E-state index in [1.165, 1.54) is 31.4 Å². The van der Waals surface area contributed by atoms with Crippen molar-refractivity contribution in [3.63, 3.8) is 0 Å². The van der Waals surface area contributed by atoms with Crippen LogP contribution in [0.2, 0.25) is 0 Å². The van der Waals surface area contributed by atoms with Gasteiger partial charge < -0.3 is 4.90 Å². The molecule has 1 amide bonds. The van der Waals surface area contributed by atoms with Crippen LogP contribution in [-0.4, -0.2) is 69.1 Å². The topological polar surface area (TPSA) is 69.7 Å². The van der Waals surface area contributed by atoms with Crippen molar-refractivity contribution in [2.45, 2.75) is 56.8 Å². The van der Waals surface area contributed by atoms with E-state index in [1.807, 2.05) is 7.05 Å². The van der Waals surface area contributed by atoms with Crippen molar-refractivity contribution in [3.8, 4) is 11.1 Å². The summed E-state index contributed by atoms with van der Waals surface area (Å²) >= 11 is 0. The zero-order valence-corrected chi connectivity index (χ0v) is 20.0. The van der Waals surface area contributed by atoms with Crippen molar-refractivity contribution in [1.29, 1.82) is 0 Å². The van der Waals surface area contributed by atoms with Crippen LogP contribution in [0.5, 0.6) is 0 Å². The van der Waals surface area contributed by atoms with E-state index < -0.39 is 21.8 Å². The summed E-state index contributed by atoms with van der Waals surface area (Å²) in [7, 11) is -1.51. The first-order chi connectivity index (χ1) is 14.5. The van der Waals surface area contributed by atoms with E-state index in [1.54, 1.807) is 4.90 Å². The first-order valence-corrected chi connectivity index (χ1v) is 12.5. The monoisotopic (exact) mass is 497 g/mol. The first-order valence-electron chi connectivity index (χ1n) is 10.6. The highest BCUT2D eigenvalue weighted by Crippen LogP contribution is 2.45. The molecule has 0 spiro atoms. The quantitative estimate of drug-likeness (QED) is 0.686. The third-order valence-corrected chi connectivity index (χ3v) is 6.90. The Balaban J connectivity index is 0.000000275. The molecule has 1 saturated heterocycles. The van der Waals surface area contributed by atoms with Crippen molar-refractivity contribution in [3.05, 3.63) is 23.8 Å². The molecule has 0 aromatic heterocycles. The number of fused-ring (bicyclic) bond motifs is 1. The van der Waals surface area contributed by atoms with Gasteiger partial charge in [-0.15, -0.1) is 12.4 Å². The maximum absolute atomic E-state index is 12.2. The highest BCUT2D eigenvalue weighted by molar-refractivity contribution is 7.88. The molecular weight excluding hydrogens is 467 g/mol. The van der Waals surface area contributed by atoms with Crippen LogP contribution in [0.25, 0.3) is 11.1 Å². The van der Waals surface area contributed by atoms with Crippen molar-refractivity contribution in [1.82, 2.24) is 14.5 Å². The Hall–Kier alpha value is -1.36. The maximum Gasteiger partial charge on any atom is 0.417 e. The second-order valence-electron chi connectivity index (χ2n) is 8.52. The molecule has 11 heteroatoms. The van der Waals surface area contributed by atoms with Crippen molar-refractivity contribution in [2.24, 2.45) is 0 Å². The number of nitrogens with zero attached hydrogens (tertiary/aromatic N) is 2. The van der Waals surface area contributed by atoms with Crippen LogP contribution >= 0.6 is 12.4 Å². The lowest BCUT2D eigenvalue weighted by Gasteiger charge is -2.42.